The summed E-state index contributed by atoms with van der Waals surface area (Å²) in [5.41, 5.74) is -0.591. The highest BCUT2D eigenvalue weighted by molar-refractivity contribution is 4.80. The van der Waals surface area contributed by atoms with Gasteiger partial charge < -0.3 is 10.4 Å². The van der Waals surface area contributed by atoms with Crippen molar-refractivity contribution >= 4 is 0 Å². The van der Waals surface area contributed by atoms with Crippen molar-refractivity contribution in [2.75, 3.05) is 6.54 Å². The lowest BCUT2D eigenvalue weighted by Crippen LogP contribution is -2.45. The first-order valence-corrected chi connectivity index (χ1v) is 6.71. The smallest absolute Gasteiger partial charge is 0.0766 e. The average molecular weight is 229 g/mol. The van der Waals surface area contributed by atoms with E-state index in [1.165, 1.54) is 19.3 Å². The Morgan fingerprint density at radius 2 is 1.62 bits per heavy atom. The molecule has 0 aliphatic carbocycles. The predicted molar refractivity (Wildman–Crippen MR) is 71.6 cm³/mol. The second-order valence-electron chi connectivity index (χ2n) is 6.12. The van der Waals surface area contributed by atoms with Gasteiger partial charge in [0.1, 0.15) is 0 Å². The summed E-state index contributed by atoms with van der Waals surface area (Å²) in [5, 5.41) is 13.5. The van der Waals surface area contributed by atoms with Crippen molar-refractivity contribution in [3.05, 3.63) is 0 Å². The van der Waals surface area contributed by atoms with Gasteiger partial charge in [-0.2, -0.15) is 0 Å². The highest BCUT2D eigenvalue weighted by Gasteiger charge is 2.24. The Hall–Kier alpha value is -0.0800. The zero-order valence-electron chi connectivity index (χ0n) is 12.0. The molecule has 98 valence electrons. The van der Waals surface area contributed by atoms with Gasteiger partial charge >= 0.3 is 0 Å². The molecule has 0 fully saturated rings. The molecular weight excluding hydrogens is 198 g/mol. The summed E-state index contributed by atoms with van der Waals surface area (Å²) in [6.45, 7) is 13.5. The van der Waals surface area contributed by atoms with Crippen LogP contribution >= 0.6 is 0 Å². The molecule has 0 aliphatic rings. The third kappa shape index (κ3) is 7.24. The van der Waals surface area contributed by atoms with Crippen molar-refractivity contribution in [2.24, 2.45) is 11.8 Å². The molecule has 2 heteroatoms. The van der Waals surface area contributed by atoms with Gasteiger partial charge in [-0.25, -0.2) is 0 Å². The maximum absolute atomic E-state index is 10.1. The summed E-state index contributed by atoms with van der Waals surface area (Å²) in [7, 11) is 0. The monoisotopic (exact) mass is 229 g/mol. The predicted octanol–water partition coefficient (Wildman–Crippen LogP) is 3.20. The van der Waals surface area contributed by atoms with E-state index in [0.717, 1.165) is 5.92 Å². The van der Waals surface area contributed by atoms with Crippen molar-refractivity contribution in [3.8, 4) is 0 Å². The normalized spacial score (nSPS) is 17.8. The Morgan fingerprint density at radius 3 is 2.06 bits per heavy atom. The molecule has 0 aromatic rings. The summed E-state index contributed by atoms with van der Waals surface area (Å²) in [6, 6.07) is 0.504. The van der Waals surface area contributed by atoms with Gasteiger partial charge in [0, 0.05) is 12.6 Å². The Kier molecular flexibility index (Phi) is 7.25. The summed E-state index contributed by atoms with van der Waals surface area (Å²) in [5.74, 6) is 1.09. The van der Waals surface area contributed by atoms with Crippen LogP contribution in [0.3, 0.4) is 0 Å². The quantitative estimate of drug-likeness (QED) is 0.670. The SMILES string of the molecule is CC(C)CCCC(C)NCC(C)(O)C(C)C. The molecule has 16 heavy (non-hydrogen) atoms. The maximum atomic E-state index is 10.1. The van der Waals surface area contributed by atoms with Crippen molar-refractivity contribution in [3.63, 3.8) is 0 Å². The number of nitrogens with one attached hydrogen (secondary N) is 1. The maximum Gasteiger partial charge on any atom is 0.0766 e. The number of hydrogen-bond acceptors (Lipinski definition) is 2. The number of aliphatic hydroxyl groups is 1. The zero-order chi connectivity index (χ0) is 12.8. The van der Waals surface area contributed by atoms with Crippen LogP contribution in [-0.2, 0) is 0 Å². The Balaban J connectivity index is 3.68. The van der Waals surface area contributed by atoms with Crippen molar-refractivity contribution in [1.29, 1.82) is 0 Å². The molecule has 2 atom stereocenters. The summed E-state index contributed by atoms with van der Waals surface area (Å²) >= 11 is 0. The van der Waals surface area contributed by atoms with E-state index in [0.29, 0.717) is 18.5 Å². The van der Waals surface area contributed by atoms with Crippen LogP contribution in [0.25, 0.3) is 0 Å². The van der Waals surface area contributed by atoms with Gasteiger partial charge in [0.25, 0.3) is 0 Å². The van der Waals surface area contributed by atoms with Crippen molar-refractivity contribution < 1.29 is 5.11 Å². The fourth-order valence-corrected chi connectivity index (χ4v) is 1.52. The largest absolute Gasteiger partial charge is 0.389 e. The summed E-state index contributed by atoms with van der Waals surface area (Å²) < 4.78 is 0. The lowest BCUT2D eigenvalue weighted by atomic mass is 9.92. The van der Waals surface area contributed by atoms with E-state index in [9.17, 15) is 5.11 Å². The summed E-state index contributed by atoms with van der Waals surface area (Å²) in [4.78, 5) is 0. The first kappa shape index (κ1) is 15.9. The standard InChI is InChI=1S/C14H31NO/c1-11(2)8-7-9-13(5)15-10-14(6,16)12(3)4/h11-13,15-16H,7-10H2,1-6H3. The van der Waals surface area contributed by atoms with E-state index in [2.05, 4.69) is 39.9 Å². The molecule has 2 N–H and O–H groups in total. The van der Waals surface area contributed by atoms with E-state index >= 15 is 0 Å². The first-order chi connectivity index (χ1) is 7.25. The van der Waals surface area contributed by atoms with E-state index in [-0.39, 0.29) is 0 Å². The van der Waals surface area contributed by atoms with Crippen LogP contribution in [0.1, 0.15) is 60.8 Å². The summed E-state index contributed by atoms with van der Waals surface area (Å²) in [6.07, 6.45) is 3.77. The van der Waals surface area contributed by atoms with E-state index in [1.54, 1.807) is 0 Å². The van der Waals surface area contributed by atoms with Gasteiger partial charge in [-0.3, -0.25) is 0 Å². The van der Waals surface area contributed by atoms with E-state index in [1.807, 2.05) is 6.92 Å². The van der Waals surface area contributed by atoms with Crippen LogP contribution in [0.4, 0.5) is 0 Å². The lowest BCUT2D eigenvalue weighted by Gasteiger charge is -2.29. The minimum Gasteiger partial charge on any atom is -0.389 e. The molecule has 0 spiro atoms. The molecule has 2 nitrogen and oxygen atoms in total. The highest BCUT2D eigenvalue weighted by Crippen LogP contribution is 2.15. The molecule has 0 radical (unpaired) electrons. The average Bonchev–Trinajstić information content (AvgIpc) is 2.14. The molecule has 0 aromatic carbocycles. The fourth-order valence-electron chi connectivity index (χ4n) is 1.52. The van der Waals surface area contributed by atoms with Gasteiger partial charge in [-0.1, -0.05) is 40.5 Å². The zero-order valence-corrected chi connectivity index (χ0v) is 12.0. The minimum absolute atomic E-state index is 0.294. The first-order valence-electron chi connectivity index (χ1n) is 6.71. The van der Waals surface area contributed by atoms with Crippen LogP contribution in [0.15, 0.2) is 0 Å². The van der Waals surface area contributed by atoms with Gasteiger partial charge in [-0.15, -0.1) is 0 Å². The topological polar surface area (TPSA) is 32.3 Å². The van der Waals surface area contributed by atoms with Crippen molar-refractivity contribution in [2.45, 2.75) is 72.4 Å². The van der Waals surface area contributed by atoms with Crippen LogP contribution in [0.2, 0.25) is 0 Å². The Labute approximate surface area is 102 Å². The number of rotatable bonds is 8. The van der Waals surface area contributed by atoms with Gasteiger partial charge in [-0.05, 0) is 32.1 Å². The minimum atomic E-state index is -0.591. The molecule has 0 heterocycles. The Bertz CT molecular complexity index is 176. The molecule has 0 amide bonds. The van der Waals surface area contributed by atoms with Crippen molar-refractivity contribution in [1.82, 2.24) is 5.32 Å². The molecule has 0 saturated heterocycles. The third-order valence-corrected chi connectivity index (χ3v) is 3.47. The second-order valence-corrected chi connectivity index (χ2v) is 6.12. The fraction of sp³-hybridized carbons (Fsp3) is 1.00. The Morgan fingerprint density at radius 1 is 1.06 bits per heavy atom. The molecule has 2 unspecified atom stereocenters. The van der Waals surface area contributed by atoms with E-state index in [4.69, 9.17) is 0 Å². The molecule has 0 rings (SSSR count). The molecule has 0 aromatic heterocycles. The van der Waals surface area contributed by atoms with Crippen LogP contribution in [0, 0.1) is 11.8 Å². The van der Waals surface area contributed by atoms with Crippen LogP contribution in [0.5, 0.6) is 0 Å². The number of hydrogen-bond donors (Lipinski definition) is 2. The van der Waals surface area contributed by atoms with Gasteiger partial charge in [0.05, 0.1) is 5.60 Å². The molecule has 0 saturated carbocycles. The van der Waals surface area contributed by atoms with E-state index < -0.39 is 5.60 Å². The molecule has 0 aliphatic heterocycles. The highest BCUT2D eigenvalue weighted by atomic mass is 16.3. The molecule has 0 bridgehead atoms. The van der Waals surface area contributed by atoms with Gasteiger partial charge in [0.15, 0.2) is 0 Å². The lowest BCUT2D eigenvalue weighted by molar-refractivity contribution is 0.0120. The van der Waals surface area contributed by atoms with Crippen LogP contribution in [-0.4, -0.2) is 23.3 Å². The molecular formula is C14H31NO. The third-order valence-electron chi connectivity index (χ3n) is 3.47. The van der Waals surface area contributed by atoms with Gasteiger partial charge in [0.2, 0.25) is 0 Å². The second kappa shape index (κ2) is 7.29. The van der Waals surface area contributed by atoms with Crippen LogP contribution < -0.4 is 5.32 Å².